The van der Waals surface area contributed by atoms with E-state index in [-0.39, 0.29) is 23.0 Å². The molecule has 0 spiro atoms. The van der Waals surface area contributed by atoms with Crippen LogP contribution in [0.2, 0.25) is 5.02 Å². The van der Waals surface area contributed by atoms with Crippen molar-refractivity contribution in [2.24, 2.45) is 0 Å². The summed E-state index contributed by atoms with van der Waals surface area (Å²) in [7, 11) is -4.14. The van der Waals surface area contributed by atoms with E-state index in [0.717, 1.165) is 33.8 Å². The van der Waals surface area contributed by atoms with E-state index in [0.29, 0.717) is 18.0 Å². The number of aryl methyl sites for hydroxylation is 2. The Labute approximate surface area is 243 Å². The van der Waals surface area contributed by atoms with E-state index in [1.165, 1.54) is 17.0 Å². The van der Waals surface area contributed by atoms with Crippen LogP contribution < -0.4 is 9.62 Å². The zero-order valence-corrected chi connectivity index (χ0v) is 25.1. The summed E-state index contributed by atoms with van der Waals surface area (Å²) in [4.78, 5) is 28.9. The molecule has 0 unspecified atom stereocenters. The highest BCUT2D eigenvalue weighted by Crippen LogP contribution is 2.29. The van der Waals surface area contributed by atoms with Crippen molar-refractivity contribution in [3.63, 3.8) is 0 Å². The fourth-order valence-electron chi connectivity index (χ4n) is 4.38. The first-order valence-corrected chi connectivity index (χ1v) is 15.4. The number of carbonyl (C=O) groups is 2. The SMILES string of the molecule is CCCCNC(=O)[C@@H](CC)N(Cc1ccccc1C)C(=O)CN(c1ccc(C)c(Cl)c1)S(=O)(=O)c1ccccc1. The molecular formula is C31H38ClN3O4S. The van der Waals surface area contributed by atoms with E-state index < -0.39 is 28.5 Å². The molecule has 0 aromatic heterocycles. The molecule has 0 radical (unpaired) electrons. The highest BCUT2D eigenvalue weighted by molar-refractivity contribution is 7.92. The molecule has 9 heteroatoms. The Morgan fingerprint density at radius 1 is 0.925 bits per heavy atom. The van der Waals surface area contributed by atoms with Gasteiger partial charge in [0, 0.05) is 18.1 Å². The van der Waals surface area contributed by atoms with Crippen LogP contribution in [0.25, 0.3) is 0 Å². The lowest BCUT2D eigenvalue weighted by molar-refractivity contribution is -0.140. The zero-order valence-electron chi connectivity index (χ0n) is 23.6. The molecule has 7 nitrogen and oxygen atoms in total. The largest absolute Gasteiger partial charge is 0.354 e. The molecule has 0 bridgehead atoms. The smallest absolute Gasteiger partial charge is 0.264 e. The van der Waals surface area contributed by atoms with Gasteiger partial charge in [-0.15, -0.1) is 0 Å². The zero-order chi connectivity index (χ0) is 29.3. The molecule has 1 atom stereocenters. The van der Waals surface area contributed by atoms with Crippen molar-refractivity contribution in [3.05, 3.63) is 94.5 Å². The standard InChI is InChI=1S/C31H38ClN3O4S/c1-5-7-19-33-31(37)29(6-2)34(21-25-14-12-11-13-23(25)3)30(36)22-35(26-18-17-24(4)28(32)20-26)40(38,39)27-15-9-8-10-16-27/h8-18,20,29H,5-7,19,21-22H2,1-4H3,(H,33,37)/t29-/m1/s1. The molecule has 2 amide bonds. The average Bonchev–Trinajstić information content (AvgIpc) is 2.94. The number of benzene rings is 3. The van der Waals surface area contributed by atoms with Gasteiger partial charge in [0.1, 0.15) is 12.6 Å². The van der Waals surface area contributed by atoms with Crippen molar-refractivity contribution in [2.75, 3.05) is 17.4 Å². The van der Waals surface area contributed by atoms with Crippen molar-refractivity contribution in [1.82, 2.24) is 10.2 Å². The number of amides is 2. The molecule has 40 heavy (non-hydrogen) atoms. The molecule has 0 saturated heterocycles. The summed E-state index contributed by atoms with van der Waals surface area (Å²) in [5.41, 5.74) is 2.90. The lowest BCUT2D eigenvalue weighted by Crippen LogP contribution is -2.52. The van der Waals surface area contributed by atoms with Gasteiger partial charge in [-0.2, -0.15) is 0 Å². The summed E-state index contributed by atoms with van der Waals surface area (Å²) in [5, 5.41) is 3.33. The maximum absolute atomic E-state index is 14.1. The maximum Gasteiger partial charge on any atom is 0.264 e. The molecule has 0 aliphatic carbocycles. The topological polar surface area (TPSA) is 86.8 Å². The summed E-state index contributed by atoms with van der Waals surface area (Å²) >= 11 is 6.38. The van der Waals surface area contributed by atoms with Gasteiger partial charge in [-0.25, -0.2) is 8.42 Å². The van der Waals surface area contributed by atoms with Gasteiger partial charge in [-0.1, -0.05) is 80.4 Å². The molecule has 3 rings (SSSR count). The van der Waals surface area contributed by atoms with Crippen LogP contribution in [0.15, 0.2) is 77.7 Å². The minimum Gasteiger partial charge on any atom is -0.354 e. The van der Waals surface area contributed by atoms with E-state index in [9.17, 15) is 18.0 Å². The second-order valence-corrected chi connectivity index (χ2v) is 12.0. The molecular weight excluding hydrogens is 546 g/mol. The third-order valence-electron chi connectivity index (χ3n) is 6.87. The molecule has 0 aliphatic heterocycles. The lowest BCUT2D eigenvalue weighted by Gasteiger charge is -2.33. The quantitative estimate of drug-likeness (QED) is 0.255. The molecule has 214 valence electrons. The number of halogens is 1. The predicted octanol–water partition coefficient (Wildman–Crippen LogP) is 5.88. The van der Waals surface area contributed by atoms with Crippen molar-refractivity contribution in [2.45, 2.75) is 64.4 Å². The molecule has 0 aliphatic rings. The number of unbranched alkanes of at least 4 members (excludes halogenated alkanes) is 1. The van der Waals surface area contributed by atoms with Gasteiger partial charge in [-0.05, 0) is 67.6 Å². The number of carbonyl (C=O) groups excluding carboxylic acids is 2. The Kier molecular flexibility index (Phi) is 11.2. The number of hydrogen-bond acceptors (Lipinski definition) is 4. The van der Waals surface area contributed by atoms with Crippen LogP contribution in [0.1, 0.15) is 49.8 Å². The highest BCUT2D eigenvalue weighted by atomic mass is 35.5. The van der Waals surface area contributed by atoms with Gasteiger partial charge in [0.2, 0.25) is 11.8 Å². The van der Waals surface area contributed by atoms with Crippen LogP contribution >= 0.6 is 11.6 Å². The fourth-order valence-corrected chi connectivity index (χ4v) is 5.98. The average molecular weight is 584 g/mol. The lowest BCUT2D eigenvalue weighted by atomic mass is 10.1. The summed E-state index contributed by atoms with van der Waals surface area (Å²) < 4.78 is 28.8. The number of anilines is 1. The monoisotopic (exact) mass is 583 g/mol. The van der Waals surface area contributed by atoms with Crippen LogP contribution in [0, 0.1) is 13.8 Å². The Bertz CT molecular complexity index is 1410. The second-order valence-electron chi connectivity index (χ2n) is 9.77. The number of sulfonamides is 1. The first-order valence-electron chi connectivity index (χ1n) is 13.6. The number of hydrogen-bond donors (Lipinski definition) is 1. The summed E-state index contributed by atoms with van der Waals surface area (Å²) in [5.74, 6) is -0.745. The molecule has 1 N–H and O–H groups in total. The molecule has 0 heterocycles. The Balaban J connectivity index is 2.06. The normalized spacial score (nSPS) is 12.0. The molecule has 3 aromatic rings. The van der Waals surface area contributed by atoms with Crippen LogP contribution in [0.3, 0.4) is 0 Å². The van der Waals surface area contributed by atoms with Crippen LogP contribution in [-0.4, -0.2) is 44.3 Å². The van der Waals surface area contributed by atoms with E-state index >= 15 is 0 Å². The highest BCUT2D eigenvalue weighted by Gasteiger charge is 2.33. The van der Waals surface area contributed by atoms with Crippen LogP contribution in [0.5, 0.6) is 0 Å². The van der Waals surface area contributed by atoms with Crippen molar-refractivity contribution in [3.8, 4) is 0 Å². The first-order chi connectivity index (χ1) is 19.1. The third-order valence-corrected chi connectivity index (χ3v) is 9.07. The van der Waals surface area contributed by atoms with E-state index in [4.69, 9.17) is 11.6 Å². The fraction of sp³-hybridized carbons (Fsp3) is 0.355. The summed E-state index contributed by atoms with van der Waals surface area (Å²) in [6, 6.07) is 19.8. The van der Waals surface area contributed by atoms with Crippen molar-refractivity contribution in [1.29, 1.82) is 0 Å². The van der Waals surface area contributed by atoms with E-state index in [1.807, 2.05) is 52.0 Å². The molecule has 0 fully saturated rings. The van der Waals surface area contributed by atoms with E-state index in [2.05, 4.69) is 5.32 Å². The minimum absolute atomic E-state index is 0.0503. The Morgan fingerprint density at radius 3 is 2.23 bits per heavy atom. The van der Waals surface area contributed by atoms with Gasteiger partial charge in [0.05, 0.1) is 10.6 Å². The van der Waals surface area contributed by atoms with Crippen LogP contribution in [-0.2, 0) is 26.2 Å². The van der Waals surface area contributed by atoms with Crippen LogP contribution in [0.4, 0.5) is 5.69 Å². The van der Waals surface area contributed by atoms with Crippen molar-refractivity contribution < 1.29 is 18.0 Å². The summed E-state index contributed by atoms with van der Waals surface area (Å²) in [6.07, 6.45) is 2.12. The Morgan fingerprint density at radius 2 is 1.60 bits per heavy atom. The van der Waals surface area contributed by atoms with Gasteiger partial charge in [0.15, 0.2) is 0 Å². The van der Waals surface area contributed by atoms with Crippen molar-refractivity contribution >= 4 is 39.1 Å². The van der Waals surface area contributed by atoms with Gasteiger partial charge in [-0.3, -0.25) is 13.9 Å². The third kappa shape index (κ3) is 7.64. The first kappa shape index (κ1) is 31.2. The molecule has 3 aromatic carbocycles. The number of nitrogens with one attached hydrogen (secondary N) is 1. The number of nitrogens with zero attached hydrogens (tertiary/aromatic N) is 2. The summed E-state index contributed by atoms with van der Waals surface area (Å²) in [6.45, 7) is 7.83. The van der Waals surface area contributed by atoms with Gasteiger partial charge >= 0.3 is 0 Å². The minimum atomic E-state index is -4.14. The van der Waals surface area contributed by atoms with E-state index in [1.54, 1.807) is 36.4 Å². The van der Waals surface area contributed by atoms with Gasteiger partial charge < -0.3 is 10.2 Å². The Hall–Kier alpha value is -3.36. The number of rotatable bonds is 13. The molecule has 0 saturated carbocycles. The van der Waals surface area contributed by atoms with Gasteiger partial charge in [0.25, 0.3) is 10.0 Å². The second kappa shape index (κ2) is 14.3. The maximum atomic E-state index is 14.1. The predicted molar refractivity (Wildman–Crippen MR) is 161 cm³/mol.